The number of hydrogen-bond donors (Lipinski definition) is 1. The summed E-state index contributed by atoms with van der Waals surface area (Å²) in [5, 5.41) is 5.72. The van der Waals surface area contributed by atoms with E-state index in [-0.39, 0.29) is 11.9 Å². The van der Waals surface area contributed by atoms with Gasteiger partial charge in [-0.2, -0.15) is 0 Å². The van der Waals surface area contributed by atoms with Crippen LogP contribution in [0.4, 0.5) is 0 Å². The van der Waals surface area contributed by atoms with Crippen LogP contribution in [0.25, 0.3) is 21.8 Å². The lowest BCUT2D eigenvalue weighted by Gasteiger charge is -2.30. The third kappa shape index (κ3) is 3.91. The molecule has 1 saturated heterocycles. The number of morpholine rings is 1. The maximum atomic E-state index is 12.7. The van der Waals surface area contributed by atoms with E-state index in [9.17, 15) is 4.79 Å². The van der Waals surface area contributed by atoms with Gasteiger partial charge in [0.1, 0.15) is 0 Å². The molecule has 4 rings (SSSR count). The molecule has 0 aliphatic carbocycles. The van der Waals surface area contributed by atoms with E-state index in [1.165, 1.54) is 21.8 Å². The molecule has 1 aliphatic heterocycles. The van der Waals surface area contributed by atoms with Gasteiger partial charge in [-0.3, -0.25) is 9.69 Å². The van der Waals surface area contributed by atoms with Crippen molar-refractivity contribution in [3.8, 4) is 0 Å². The Kier molecular flexibility index (Phi) is 5.64. The number of benzene rings is 2. The molecule has 1 unspecified atom stereocenters. The van der Waals surface area contributed by atoms with Crippen molar-refractivity contribution < 1.29 is 9.53 Å². The summed E-state index contributed by atoms with van der Waals surface area (Å²) < 4.78 is 7.62. The molecule has 1 aliphatic rings. The highest BCUT2D eigenvalue weighted by Gasteiger charge is 2.18. The van der Waals surface area contributed by atoms with Crippen molar-refractivity contribution in [2.75, 3.05) is 32.8 Å². The molecule has 1 fully saturated rings. The predicted molar refractivity (Wildman–Crippen MR) is 114 cm³/mol. The van der Waals surface area contributed by atoms with Crippen LogP contribution in [0.1, 0.15) is 18.9 Å². The van der Waals surface area contributed by atoms with E-state index in [0.717, 1.165) is 44.8 Å². The first-order chi connectivity index (χ1) is 13.7. The Morgan fingerprint density at radius 1 is 1.11 bits per heavy atom. The van der Waals surface area contributed by atoms with Crippen LogP contribution in [-0.2, 0) is 23.0 Å². The summed E-state index contributed by atoms with van der Waals surface area (Å²) in [4.78, 5) is 15.0. The van der Waals surface area contributed by atoms with Crippen molar-refractivity contribution in [1.82, 2.24) is 14.8 Å². The number of hydrogen-bond acceptors (Lipinski definition) is 3. The van der Waals surface area contributed by atoms with Crippen molar-refractivity contribution in [2.45, 2.75) is 25.8 Å². The van der Waals surface area contributed by atoms with Crippen LogP contribution in [0.3, 0.4) is 0 Å². The van der Waals surface area contributed by atoms with Crippen molar-refractivity contribution >= 4 is 27.7 Å². The standard InChI is InChI=1S/C23H29N3O2/c1-3-18(16-26-10-12-28-13-11-26)24-23(27)15-17-8-9-20-19-6-4-5-7-21(19)25(2)22(20)14-17/h4-9,14,18H,3,10-13,15-16H2,1-2H3,(H,24,27). The number of carbonyl (C=O) groups is 1. The molecule has 28 heavy (non-hydrogen) atoms. The second-order valence-corrected chi connectivity index (χ2v) is 7.69. The maximum absolute atomic E-state index is 12.7. The van der Waals surface area contributed by atoms with Crippen LogP contribution in [0.2, 0.25) is 0 Å². The first-order valence-corrected chi connectivity index (χ1v) is 10.2. The zero-order valence-corrected chi connectivity index (χ0v) is 16.8. The molecule has 1 atom stereocenters. The normalized spacial score (nSPS) is 16.5. The van der Waals surface area contributed by atoms with E-state index >= 15 is 0 Å². The van der Waals surface area contributed by atoms with Gasteiger partial charge < -0.3 is 14.6 Å². The fourth-order valence-electron chi connectivity index (χ4n) is 4.15. The van der Waals surface area contributed by atoms with Gasteiger partial charge in [-0.1, -0.05) is 37.3 Å². The van der Waals surface area contributed by atoms with E-state index in [2.05, 4.69) is 71.2 Å². The second kappa shape index (κ2) is 8.33. The highest BCUT2D eigenvalue weighted by atomic mass is 16.5. The lowest BCUT2D eigenvalue weighted by atomic mass is 10.1. The van der Waals surface area contributed by atoms with Crippen LogP contribution in [0, 0.1) is 0 Å². The number of ether oxygens (including phenoxy) is 1. The Hall–Kier alpha value is -2.37. The van der Waals surface area contributed by atoms with E-state index in [1.54, 1.807) is 0 Å². The molecule has 0 bridgehead atoms. The number of amides is 1. The topological polar surface area (TPSA) is 46.5 Å². The lowest BCUT2D eigenvalue weighted by molar-refractivity contribution is -0.121. The van der Waals surface area contributed by atoms with Gasteiger partial charge in [-0.15, -0.1) is 0 Å². The Labute approximate surface area is 166 Å². The van der Waals surface area contributed by atoms with E-state index in [1.807, 2.05) is 0 Å². The number of aromatic nitrogens is 1. The Balaban J connectivity index is 1.45. The molecule has 1 aromatic heterocycles. The minimum atomic E-state index is 0.0956. The fraction of sp³-hybridized carbons (Fsp3) is 0.435. The van der Waals surface area contributed by atoms with Crippen LogP contribution < -0.4 is 5.32 Å². The molecule has 3 aromatic rings. The maximum Gasteiger partial charge on any atom is 0.224 e. The number of rotatable bonds is 6. The summed E-state index contributed by atoms with van der Waals surface area (Å²) in [5.41, 5.74) is 3.44. The summed E-state index contributed by atoms with van der Waals surface area (Å²) in [6.07, 6.45) is 1.35. The monoisotopic (exact) mass is 379 g/mol. The lowest BCUT2D eigenvalue weighted by Crippen LogP contribution is -2.47. The first-order valence-electron chi connectivity index (χ1n) is 10.2. The number of nitrogens with one attached hydrogen (secondary N) is 1. The van der Waals surface area contributed by atoms with Crippen molar-refractivity contribution in [3.05, 3.63) is 48.0 Å². The van der Waals surface area contributed by atoms with Crippen molar-refractivity contribution in [2.24, 2.45) is 7.05 Å². The molecule has 148 valence electrons. The Morgan fingerprint density at radius 2 is 1.86 bits per heavy atom. The number of fused-ring (bicyclic) bond motifs is 3. The molecular weight excluding hydrogens is 350 g/mol. The van der Waals surface area contributed by atoms with Crippen molar-refractivity contribution in [1.29, 1.82) is 0 Å². The third-order valence-corrected chi connectivity index (χ3v) is 5.78. The molecule has 0 radical (unpaired) electrons. The first kappa shape index (κ1) is 19.0. The number of para-hydroxylation sites is 1. The van der Waals surface area contributed by atoms with Gasteiger partial charge in [-0.25, -0.2) is 0 Å². The zero-order chi connectivity index (χ0) is 19.5. The molecule has 1 N–H and O–H groups in total. The minimum absolute atomic E-state index is 0.0956. The number of aryl methyl sites for hydroxylation is 1. The SMILES string of the molecule is CCC(CN1CCOCC1)NC(=O)Cc1ccc2c3ccccc3n(C)c2c1. The predicted octanol–water partition coefficient (Wildman–Crippen LogP) is 3.10. The molecule has 1 amide bonds. The van der Waals surface area contributed by atoms with Gasteiger partial charge in [0.15, 0.2) is 0 Å². The van der Waals surface area contributed by atoms with Gasteiger partial charge in [0.2, 0.25) is 5.91 Å². The van der Waals surface area contributed by atoms with Crippen LogP contribution in [0.5, 0.6) is 0 Å². The third-order valence-electron chi connectivity index (χ3n) is 5.78. The van der Waals surface area contributed by atoms with E-state index in [0.29, 0.717) is 6.42 Å². The fourth-order valence-corrected chi connectivity index (χ4v) is 4.15. The van der Waals surface area contributed by atoms with Gasteiger partial charge in [-0.05, 0) is 24.1 Å². The highest BCUT2D eigenvalue weighted by molar-refractivity contribution is 6.08. The molecule has 2 heterocycles. The second-order valence-electron chi connectivity index (χ2n) is 7.69. The summed E-state index contributed by atoms with van der Waals surface area (Å²) >= 11 is 0. The average Bonchev–Trinajstić information content (AvgIpc) is 3.00. The van der Waals surface area contributed by atoms with Crippen LogP contribution in [0.15, 0.2) is 42.5 Å². The zero-order valence-electron chi connectivity index (χ0n) is 16.8. The van der Waals surface area contributed by atoms with E-state index in [4.69, 9.17) is 4.74 Å². The molecule has 2 aromatic carbocycles. The smallest absolute Gasteiger partial charge is 0.224 e. The molecule has 5 heteroatoms. The van der Waals surface area contributed by atoms with Gasteiger partial charge in [0.25, 0.3) is 0 Å². The quantitative estimate of drug-likeness (QED) is 0.716. The van der Waals surface area contributed by atoms with E-state index < -0.39 is 0 Å². The summed E-state index contributed by atoms with van der Waals surface area (Å²) in [7, 11) is 2.09. The van der Waals surface area contributed by atoms with Crippen molar-refractivity contribution in [3.63, 3.8) is 0 Å². The molecule has 0 saturated carbocycles. The average molecular weight is 380 g/mol. The summed E-state index contributed by atoms with van der Waals surface area (Å²) in [5.74, 6) is 0.0956. The molecular formula is C23H29N3O2. The van der Waals surface area contributed by atoms with Crippen LogP contribution >= 0.6 is 0 Å². The van der Waals surface area contributed by atoms with Gasteiger partial charge in [0.05, 0.1) is 19.6 Å². The largest absolute Gasteiger partial charge is 0.379 e. The summed E-state index contributed by atoms with van der Waals surface area (Å²) in [6, 6.07) is 15.0. The Morgan fingerprint density at radius 3 is 2.64 bits per heavy atom. The molecule has 0 spiro atoms. The summed E-state index contributed by atoms with van der Waals surface area (Å²) in [6.45, 7) is 6.50. The van der Waals surface area contributed by atoms with Gasteiger partial charge in [0, 0.05) is 54.5 Å². The van der Waals surface area contributed by atoms with Crippen LogP contribution in [-0.4, -0.2) is 54.3 Å². The molecule has 5 nitrogen and oxygen atoms in total. The number of nitrogens with zero attached hydrogens (tertiary/aromatic N) is 2. The highest BCUT2D eigenvalue weighted by Crippen LogP contribution is 2.28. The minimum Gasteiger partial charge on any atom is -0.379 e. The Bertz CT molecular complexity index is 973. The van der Waals surface area contributed by atoms with Gasteiger partial charge >= 0.3 is 0 Å². The number of carbonyl (C=O) groups excluding carboxylic acids is 1.